The third kappa shape index (κ3) is 3.65. The molecule has 0 fully saturated rings. The molecule has 0 saturated carbocycles. The van der Waals surface area contributed by atoms with Gasteiger partial charge in [-0.3, -0.25) is 9.59 Å². The summed E-state index contributed by atoms with van der Waals surface area (Å²) in [6, 6.07) is 10.3. The van der Waals surface area contributed by atoms with Crippen LogP contribution in [0, 0.1) is 0 Å². The number of amides is 1. The summed E-state index contributed by atoms with van der Waals surface area (Å²) in [6.45, 7) is 1.90. The molecular weight excluding hydrogens is 308 g/mol. The van der Waals surface area contributed by atoms with Gasteiger partial charge in [0.1, 0.15) is 17.1 Å². The largest absolute Gasteiger partial charge is 0.469 e. The van der Waals surface area contributed by atoms with Gasteiger partial charge in [0, 0.05) is 12.5 Å². The molecule has 3 aromatic rings. The zero-order chi connectivity index (χ0) is 16.9. The number of hydrogen-bond acceptors (Lipinski definition) is 4. The Hall–Kier alpha value is -3.02. The normalized spacial score (nSPS) is 12.0. The van der Waals surface area contributed by atoms with E-state index < -0.39 is 11.5 Å². The van der Waals surface area contributed by atoms with Crippen LogP contribution in [0.3, 0.4) is 0 Å². The SMILES string of the molecule is CC(CCc1ccco1)NC(=O)c1ccc(-c2ccco2)[nH]c1=O. The van der Waals surface area contributed by atoms with Gasteiger partial charge in [0.25, 0.3) is 11.5 Å². The molecule has 3 heterocycles. The van der Waals surface area contributed by atoms with Crippen molar-refractivity contribution >= 4 is 5.91 Å². The number of nitrogens with one attached hydrogen (secondary N) is 2. The molecule has 0 bridgehead atoms. The minimum atomic E-state index is -0.445. The molecule has 0 aliphatic carbocycles. The first-order chi connectivity index (χ1) is 11.6. The molecule has 0 spiro atoms. The number of rotatable bonds is 6. The second-order valence-corrected chi connectivity index (χ2v) is 5.58. The third-order valence-electron chi connectivity index (χ3n) is 3.72. The van der Waals surface area contributed by atoms with Crippen LogP contribution in [-0.4, -0.2) is 16.9 Å². The van der Waals surface area contributed by atoms with Crippen molar-refractivity contribution < 1.29 is 13.6 Å². The first kappa shape index (κ1) is 15.9. The van der Waals surface area contributed by atoms with Gasteiger partial charge in [0.15, 0.2) is 0 Å². The zero-order valence-electron chi connectivity index (χ0n) is 13.2. The number of H-pyrrole nitrogens is 1. The summed E-state index contributed by atoms with van der Waals surface area (Å²) in [4.78, 5) is 27.0. The van der Waals surface area contributed by atoms with Crippen molar-refractivity contribution in [3.05, 3.63) is 70.6 Å². The van der Waals surface area contributed by atoms with Gasteiger partial charge in [0.05, 0.1) is 18.2 Å². The van der Waals surface area contributed by atoms with Gasteiger partial charge in [-0.2, -0.15) is 0 Å². The predicted molar refractivity (Wildman–Crippen MR) is 88.7 cm³/mol. The summed E-state index contributed by atoms with van der Waals surface area (Å²) in [7, 11) is 0. The monoisotopic (exact) mass is 326 g/mol. The molecule has 0 aliphatic heterocycles. The molecule has 0 aliphatic rings. The lowest BCUT2D eigenvalue weighted by molar-refractivity contribution is 0.0936. The molecule has 0 aromatic carbocycles. The van der Waals surface area contributed by atoms with E-state index in [0.717, 1.165) is 18.6 Å². The fraction of sp³-hybridized carbons (Fsp3) is 0.222. The van der Waals surface area contributed by atoms with Crippen LogP contribution in [0.4, 0.5) is 0 Å². The summed E-state index contributed by atoms with van der Waals surface area (Å²) < 4.78 is 10.5. The van der Waals surface area contributed by atoms with Gasteiger partial charge in [-0.05, 0) is 49.7 Å². The van der Waals surface area contributed by atoms with Crippen LogP contribution < -0.4 is 10.9 Å². The molecule has 24 heavy (non-hydrogen) atoms. The van der Waals surface area contributed by atoms with E-state index >= 15 is 0 Å². The van der Waals surface area contributed by atoms with Gasteiger partial charge in [-0.1, -0.05) is 0 Å². The lowest BCUT2D eigenvalue weighted by Crippen LogP contribution is -2.36. The van der Waals surface area contributed by atoms with Gasteiger partial charge in [-0.15, -0.1) is 0 Å². The van der Waals surface area contributed by atoms with E-state index in [4.69, 9.17) is 8.83 Å². The first-order valence-corrected chi connectivity index (χ1v) is 7.74. The van der Waals surface area contributed by atoms with Crippen LogP contribution in [0.25, 0.3) is 11.5 Å². The number of hydrogen-bond donors (Lipinski definition) is 2. The van der Waals surface area contributed by atoms with Crippen molar-refractivity contribution in [2.24, 2.45) is 0 Å². The number of aryl methyl sites for hydroxylation is 1. The Kier molecular flexibility index (Phi) is 4.65. The molecule has 1 atom stereocenters. The van der Waals surface area contributed by atoms with Gasteiger partial charge < -0.3 is 19.1 Å². The second kappa shape index (κ2) is 7.04. The number of aromatic amines is 1. The second-order valence-electron chi connectivity index (χ2n) is 5.58. The average Bonchev–Trinajstić information content (AvgIpc) is 3.26. The third-order valence-corrected chi connectivity index (χ3v) is 3.72. The van der Waals surface area contributed by atoms with Gasteiger partial charge in [-0.25, -0.2) is 0 Å². The molecule has 3 aromatic heterocycles. The van der Waals surface area contributed by atoms with Crippen molar-refractivity contribution in [1.82, 2.24) is 10.3 Å². The van der Waals surface area contributed by atoms with Crippen LogP contribution in [0.1, 0.15) is 29.5 Å². The summed E-state index contributed by atoms with van der Waals surface area (Å²) in [6.07, 6.45) is 4.59. The van der Waals surface area contributed by atoms with Crippen molar-refractivity contribution in [3.63, 3.8) is 0 Å². The molecule has 2 N–H and O–H groups in total. The average molecular weight is 326 g/mol. The molecular formula is C18H18N2O4. The van der Waals surface area contributed by atoms with Gasteiger partial charge >= 0.3 is 0 Å². The zero-order valence-corrected chi connectivity index (χ0v) is 13.2. The molecule has 0 radical (unpaired) electrons. The Morgan fingerprint density at radius 1 is 1.17 bits per heavy atom. The summed E-state index contributed by atoms with van der Waals surface area (Å²) in [5.41, 5.74) is 0.169. The highest BCUT2D eigenvalue weighted by Gasteiger charge is 2.15. The first-order valence-electron chi connectivity index (χ1n) is 7.74. The maximum atomic E-state index is 12.3. The van der Waals surface area contributed by atoms with Crippen molar-refractivity contribution in [2.75, 3.05) is 0 Å². The molecule has 124 valence electrons. The number of furan rings is 2. The topological polar surface area (TPSA) is 88.2 Å². The smallest absolute Gasteiger partial charge is 0.261 e. The van der Waals surface area contributed by atoms with Crippen LogP contribution >= 0.6 is 0 Å². The van der Waals surface area contributed by atoms with Gasteiger partial charge in [0.2, 0.25) is 0 Å². The van der Waals surface area contributed by atoms with E-state index in [1.165, 1.54) is 12.3 Å². The van der Waals surface area contributed by atoms with Crippen molar-refractivity contribution in [3.8, 4) is 11.5 Å². The fourth-order valence-electron chi connectivity index (χ4n) is 2.42. The minimum absolute atomic E-state index is 0.0771. The van der Waals surface area contributed by atoms with E-state index in [1.807, 2.05) is 19.1 Å². The predicted octanol–water partition coefficient (Wildman–Crippen LogP) is 2.98. The Labute approximate surface area is 138 Å². The number of pyridine rings is 1. The Bertz CT molecular complexity index is 848. The summed E-state index contributed by atoms with van der Waals surface area (Å²) in [5, 5.41) is 2.83. The maximum Gasteiger partial charge on any atom is 0.261 e. The van der Waals surface area contributed by atoms with E-state index in [2.05, 4.69) is 10.3 Å². The maximum absolute atomic E-state index is 12.3. The van der Waals surface area contributed by atoms with Crippen molar-refractivity contribution in [2.45, 2.75) is 25.8 Å². The number of carbonyl (C=O) groups excluding carboxylic acids is 1. The quantitative estimate of drug-likeness (QED) is 0.729. The summed E-state index contributed by atoms with van der Waals surface area (Å²) >= 11 is 0. The van der Waals surface area contributed by atoms with Crippen LogP contribution in [0.2, 0.25) is 0 Å². The van der Waals surface area contributed by atoms with Crippen molar-refractivity contribution in [1.29, 1.82) is 0 Å². The molecule has 1 amide bonds. The number of carbonyl (C=O) groups is 1. The summed E-state index contributed by atoms with van der Waals surface area (Å²) in [5.74, 6) is 1.02. The van der Waals surface area contributed by atoms with E-state index in [0.29, 0.717) is 11.5 Å². The highest BCUT2D eigenvalue weighted by Crippen LogP contribution is 2.15. The van der Waals surface area contributed by atoms with E-state index in [-0.39, 0.29) is 11.6 Å². The lowest BCUT2D eigenvalue weighted by atomic mass is 10.1. The Morgan fingerprint density at radius 2 is 1.96 bits per heavy atom. The lowest BCUT2D eigenvalue weighted by Gasteiger charge is -2.13. The molecule has 6 nitrogen and oxygen atoms in total. The molecule has 3 rings (SSSR count). The highest BCUT2D eigenvalue weighted by molar-refractivity contribution is 5.94. The standard InChI is InChI=1S/C18H18N2O4/c1-12(6-7-13-4-2-10-23-13)19-17(21)14-8-9-15(20-18(14)22)16-5-3-11-24-16/h2-5,8-12H,6-7H2,1H3,(H,19,21)(H,20,22). The number of aromatic nitrogens is 1. The Balaban J connectivity index is 1.63. The van der Waals surface area contributed by atoms with Crippen LogP contribution in [0.5, 0.6) is 0 Å². The van der Waals surface area contributed by atoms with E-state index in [9.17, 15) is 9.59 Å². The molecule has 6 heteroatoms. The molecule has 1 unspecified atom stereocenters. The highest BCUT2D eigenvalue weighted by atomic mass is 16.3. The molecule has 0 saturated heterocycles. The van der Waals surface area contributed by atoms with E-state index in [1.54, 1.807) is 24.5 Å². The Morgan fingerprint density at radius 3 is 2.62 bits per heavy atom. The van der Waals surface area contributed by atoms with Crippen LogP contribution in [-0.2, 0) is 6.42 Å². The fourth-order valence-corrected chi connectivity index (χ4v) is 2.42. The minimum Gasteiger partial charge on any atom is -0.469 e. The van der Waals surface area contributed by atoms with Crippen LogP contribution in [0.15, 0.2) is 62.6 Å².